The summed E-state index contributed by atoms with van der Waals surface area (Å²) in [5.74, 6) is 0. The first-order valence-corrected chi connectivity index (χ1v) is 9.36. The molecule has 0 saturated carbocycles. The topological polar surface area (TPSA) is 68.6 Å². The maximum absolute atomic E-state index is 5.95. The lowest BCUT2D eigenvalue weighted by molar-refractivity contribution is -0.0393. The fourth-order valence-electron chi connectivity index (χ4n) is 3.65. The number of benzene rings is 1. The van der Waals surface area contributed by atoms with Crippen LogP contribution < -0.4 is 0 Å². The number of nitrogens with one attached hydrogen (secondary N) is 1. The van der Waals surface area contributed by atoms with E-state index in [0.717, 1.165) is 65.0 Å². The van der Waals surface area contributed by atoms with E-state index in [4.69, 9.17) is 14.8 Å². The summed E-state index contributed by atoms with van der Waals surface area (Å²) < 4.78 is 7.91. The molecule has 1 N–H and O–H groups in total. The zero-order valence-corrected chi connectivity index (χ0v) is 15.2. The van der Waals surface area contributed by atoms with E-state index in [2.05, 4.69) is 34.6 Å². The van der Waals surface area contributed by atoms with Crippen LogP contribution in [0.3, 0.4) is 0 Å². The molecule has 1 atom stereocenters. The smallest absolute Gasteiger partial charge is 0.150 e. The fraction of sp³-hybridized carbons (Fsp3) is 0.286. The maximum atomic E-state index is 5.95. The molecule has 5 rings (SSSR count). The number of hydrogen-bond acceptors (Lipinski definition) is 4. The Bertz CT molecular complexity index is 1090. The summed E-state index contributed by atoms with van der Waals surface area (Å²) in [5.41, 5.74) is 5.89. The molecule has 1 saturated heterocycles. The van der Waals surface area contributed by atoms with Crippen LogP contribution in [0.1, 0.15) is 31.2 Å². The van der Waals surface area contributed by atoms with E-state index in [9.17, 15) is 0 Å². The van der Waals surface area contributed by atoms with Crippen molar-refractivity contribution in [2.75, 3.05) is 6.61 Å². The minimum absolute atomic E-state index is 0.00746. The van der Waals surface area contributed by atoms with Crippen LogP contribution >= 0.6 is 0 Å². The third kappa shape index (κ3) is 3.02. The number of ether oxygens (including phenoxy) is 1. The first-order valence-electron chi connectivity index (χ1n) is 9.36. The van der Waals surface area contributed by atoms with Crippen molar-refractivity contribution in [2.24, 2.45) is 0 Å². The summed E-state index contributed by atoms with van der Waals surface area (Å²) in [5, 5.41) is 13.2. The number of rotatable bonds is 3. The molecule has 1 fully saturated rings. The molecule has 1 aliphatic heterocycles. The number of aryl methyl sites for hydroxylation is 1. The van der Waals surface area contributed by atoms with Crippen LogP contribution in [0.15, 0.2) is 48.8 Å². The molecule has 27 heavy (non-hydrogen) atoms. The van der Waals surface area contributed by atoms with Gasteiger partial charge in [-0.3, -0.25) is 10.1 Å². The molecule has 1 aromatic carbocycles. The number of fused-ring (bicyclic) bond motifs is 1. The Morgan fingerprint density at radius 1 is 1.19 bits per heavy atom. The summed E-state index contributed by atoms with van der Waals surface area (Å²) in [4.78, 5) is 4.70. The van der Waals surface area contributed by atoms with Crippen molar-refractivity contribution in [1.29, 1.82) is 0 Å². The van der Waals surface area contributed by atoms with E-state index >= 15 is 0 Å². The highest BCUT2D eigenvalue weighted by molar-refractivity contribution is 5.87. The SMILES string of the molecule is Cc1cccc(-c2nn(C3CCCCO3)cc2-c2ccc3cn[nH]c3c2)n1. The van der Waals surface area contributed by atoms with E-state index in [0.29, 0.717) is 0 Å². The Balaban J connectivity index is 1.66. The second kappa shape index (κ2) is 6.63. The Kier molecular flexibility index (Phi) is 3.98. The molecule has 0 spiro atoms. The van der Waals surface area contributed by atoms with E-state index in [1.807, 2.05) is 36.0 Å². The first kappa shape index (κ1) is 16.2. The third-order valence-electron chi connectivity index (χ3n) is 5.07. The molecule has 0 bridgehead atoms. The Labute approximate surface area is 157 Å². The van der Waals surface area contributed by atoms with Gasteiger partial charge in [0, 0.05) is 29.4 Å². The fourth-order valence-corrected chi connectivity index (χ4v) is 3.65. The number of aromatic amines is 1. The van der Waals surface area contributed by atoms with Crippen molar-refractivity contribution in [1.82, 2.24) is 25.0 Å². The number of aromatic nitrogens is 5. The normalized spacial score (nSPS) is 17.4. The van der Waals surface area contributed by atoms with Gasteiger partial charge in [0.15, 0.2) is 0 Å². The van der Waals surface area contributed by atoms with Crippen LogP contribution in [-0.2, 0) is 4.74 Å². The van der Waals surface area contributed by atoms with Gasteiger partial charge in [0.25, 0.3) is 0 Å². The molecule has 3 aromatic heterocycles. The summed E-state index contributed by atoms with van der Waals surface area (Å²) in [6.45, 7) is 2.79. The highest BCUT2D eigenvalue weighted by atomic mass is 16.5. The first-order chi connectivity index (χ1) is 13.3. The van der Waals surface area contributed by atoms with Crippen LogP contribution in [-0.4, -0.2) is 31.6 Å². The Morgan fingerprint density at radius 3 is 3.00 bits per heavy atom. The lowest BCUT2D eigenvalue weighted by Gasteiger charge is -2.22. The summed E-state index contributed by atoms with van der Waals surface area (Å²) in [6, 6.07) is 12.3. The van der Waals surface area contributed by atoms with Gasteiger partial charge in [-0.2, -0.15) is 10.2 Å². The van der Waals surface area contributed by atoms with Crippen molar-refractivity contribution in [3.05, 3.63) is 54.5 Å². The molecule has 0 aliphatic carbocycles. The van der Waals surface area contributed by atoms with Crippen LogP contribution in [0.5, 0.6) is 0 Å². The lowest BCUT2D eigenvalue weighted by Crippen LogP contribution is -2.18. The van der Waals surface area contributed by atoms with Crippen molar-refractivity contribution < 1.29 is 4.74 Å². The molecule has 6 heteroatoms. The predicted molar refractivity (Wildman–Crippen MR) is 104 cm³/mol. The minimum Gasteiger partial charge on any atom is -0.357 e. The molecular formula is C21H21N5O. The van der Waals surface area contributed by atoms with Gasteiger partial charge in [-0.15, -0.1) is 0 Å². The molecule has 1 unspecified atom stereocenters. The quantitative estimate of drug-likeness (QED) is 0.585. The lowest BCUT2D eigenvalue weighted by atomic mass is 10.0. The Hall–Kier alpha value is -2.99. The number of H-pyrrole nitrogens is 1. The van der Waals surface area contributed by atoms with Crippen molar-refractivity contribution in [3.63, 3.8) is 0 Å². The molecular weight excluding hydrogens is 338 g/mol. The Morgan fingerprint density at radius 2 is 2.15 bits per heavy atom. The highest BCUT2D eigenvalue weighted by Gasteiger charge is 2.21. The average molecular weight is 359 g/mol. The van der Waals surface area contributed by atoms with E-state index in [-0.39, 0.29) is 6.23 Å². The van der Waals surface area contributed by atoms with Gasteiger partial charge in [0.05, 0.1) is 17.4 Å². The summed E-state index contributed by atoms with van der Waals surface area (Å²) >= 11 is 0. The molecule has 0 radical (unpaired) electrons. The molecule has 136 valence electrons. The second-order valence-corrected chi connectivity index (χ2v) is 7.03. The van der Waals surface area contributed by atoms with E-state index < -0.39 is 0 Å². The second-order valence-electron chi connectivity index (χ2n) is 7.03. The monoisotopic (exact) mass is 359 g/mol. The van der Waals surface area contributed by atoms with Crippen molar-refractivity contribution >= 4 is 10.9 Å². The molecule has 4 heterocycles. The molecule has 1 aliphatic rings. The number of hydrogen-bond donors (Lipinski definition) is 1. The van der Waals surface area contributed by atoms with Gasteiger partial charge in [0.2, 0.25) is 0 Å². The largest absolute Gasteiger partial charge is 0.357 e. The third-order valence-corrected chi connectivity index (χ3v) is 5.07. The van der Waals surface area contributed by atoms with E-state index in [1.54, 1.807) is 0 Å². The predicted octanol–water partition coefficient (Wildman–Crippen LogP) is 4.50. The van der Waals surface area contributed by atoms with Gasteiger partial charge in [-0.25, -0.2) is 4.68 Å². The molecule has 0 amide bonds. The van der Waals surface area contributed by atoms with Gasteiger partial charge in [-0.05, 0) is 49.9 Å². The van der Waals surface area contributed by atoms with Crippen molar-refractivity contribution in [3.8, 4) is 22.5 Å². The van der Waals surface area contributed by atoms with Gasteiger partial charge in [-0.1, -0.05) is 18.2 Å². The molecule has 6 nitrogen and oxygen atoms in total. The van der Waals surface area contributed by atoms with Crippen molar-refractivity contribution in [2.45, 2.75) is 32.4 Å². The standard InChI is InChI=1S/C21H21N5O/c1-14-5-4-6-18(23-14)21-17(13-26(25-21)20-7-2-3-10-27-20)15-8-9-16-12-22-24-19(16)11-15/h4-6,8-9,11-13,20H,2-3,7,10H2,1H3,(H,22,24). The van der Waals surface area contributed by atoms with Gasteiger partial charge >= 0.3 is 0 Å². The van der Waals surface area contributed by atoms with Crippen LogP contribution in [0, 0.1) is 6.92 Å². The summed E-state index contributed by atoms with van der Waals surface area (Å²) in [6.07, 6.45) is 7.19. The van der Waals surface area contributed by atoms with E-state index in [1.165, 1.54) is 0 Å². The van der Waals surface area contributed by atoms with Crippen LogP contribution in [0.25, 0.3) is 33.4 Å². The van der Waals surface area contributed by atoms with Crippen LogP contribution in [0.4, 0.5) is 0 Å². The van der Waals surface area contributed by atoms with Crippen LogP contribution in [0.2, 0.25) is 0 Å². The average Bonchev–Trinajstić information content (AvgIpc) is 3.35. The zero-order valence-electron chi connectivity index (χ0n) is 15.2. The zero-order chi connectivity index (χ0) is 18.2. The number of pyridine rings is 1. The maximum Gasteiger partial charge on any atom is 0.150 e. The van der Waals surface area contributed by atoms with Gasteiger partial charge in [0.1, 0.15) is 11.9 Å². The van der Waals surface area contributed by atoms with Gasteiger partial charge < -0.3 is 4.74 Å². The minimum atomic E-state index is -0.00746. The molecule has 4 aromatic rings. The summed E-state index contributed by atoms with van der Waals surface area (Å²) in [7, 11) is 0. The number of nitrogens with zero attached hydrogens (tertiary/aromatic N) is 4. The highest BCUT2D eigenvalue weighted by Crippen LogP contribution is 2.34.